The van der Waals surface area contributed by atoms with Gasteiger partial charge in [0.1, 0.15) is 11.1 Å². The van der Waals surface area contributed by atoms with Crippen molar-refractivity contribution in [2.24, 2.45) is 0 Å². The SMILES string of the molecule is O=C(O)C(F)(F)F.O=C1CC(c2ccc(C[C@H](NS(=O)(=O)c3ccc(-c4ccc(Cl)cc4)c(C(F)(F)F)c3)c3nc4ccccc4[nH]3)cc2)S(=O)(=O)N1. The number of aromatic amines is 1. The lowest BCUT2D eigenvalue weighted by molar-refractivity contribution is -0.192. The van der Waals surface area contributed by atoms with E-state index in [1.54, 1.807) is 36.4 Å². The van der Waals surface area contributed by atoms with Crippen molar-refractivity contribution in [2.45, 2.75) is 41.4 Å². The number of halogens is 7. The molecule has 1 aliphatic rings. The van der Waals surface area contributed by atoms with Gasteiger partial charge < -0.3 is 10.1 Å². The van der Waals surface area contributed by atoms with Gasteiger partial charge in [0.25, 0.3) is 0 Å². The van der Waals surface area contributed by atoms with Gasteiger partial charge in [-0.15, -0.1) is 0 Å². The Balaban J connectivity index is 0.000000705. The number of aliphatic carboxylic acids is 1. The van der Waals surface area contributed by atoms with E-state index in [9.17, 15) is 48.0 Å². The van der Waals surface area contributed by atoms with Crippen LogP contribution in [-0.2, 0) is 42.2 Å². The van der Waals surface area contributed by atoms with E-state index in [4.69, 9.17) is 21.5 Å². The van der Waals surface area contributed by atoms with Gasteiger partial charge in [-0.1, -0.05) is 66.2 Å². The first-order valence-corrected chi connectivity index (χ1v) is 18.4. The number of H-pyrrole nitrogens is 1. The lowest BCUT2D eigenvalue weighted by Gasteiger charge is -2.19. The number of imidazole rings is 1. The number of nitrogens with zero attached hydrogens (tertiary/aromatic N) is 1. The molecule has 20 heteroatoms. The van der Waals surface area contributed by atoms with Crippen molar-refractivity contribution in [1.29, 1.82) is 0 Å². The highest BCUT2D eigenvalue weighted by atomic mass is 35.5. The largest absolute Gasteiger partial charge is 0.490 e. The predicted molar refractivity (Wildman–Crippen MR) is 179 cm³/mol. The molecule has 11 nitrogen and oxygen atoms in total. The number of sulfonamides is 2. The smallest absolute Gasteiger partial charge is 0.475 e. The first-order valence-electron chi connectivity index (χ1n) is 15.0. The summed E-state index contributed by atoms with van der Waals surface area (Å²) < 4.78 is 131. The van der Waals surface area contributed by atoms with Crippen molar-refractivity contribution in [3.63, 3.8) is 0 Å². The molecule has 0 spiro atoms. The van der Waals surface area contributed by atoms with Crippen LogP contribution in [0.1, 0.15) is 40.2 Å². The highest BCUT2D eigenvalue weighted by Gasteiger charge is 2.39. The Hall–Kier alpha value is -4.98. The Labute approximate surface area is 302 Å². The number of benzene rings is 4. The van der Waals surface area contributed by atoms with E-state index in [1.165, 1.54) is 36.4 Å². The van der Waals surface area contributed by atoms with Crippen molar-refractivity contribution >= 4 is 54.6 Å². The molecule has 0 bridgehead atoms. The van der Waals surface area contributed by atoms with Crippen molar-refractivity contribution < 1.29 is 57.9 Å². The number of fused-ring (bicyclic) bond motifs is 1. The zero-order valence-corrected chi connectivity index (χ0v) is 28.9. The summed E-state index contributed by atoms with van der Waals surface area (Å²) in [5.41, 5.74) is 0.980. The lowest BCUT2D eigenvalue weighted by atomic mass is 9.99. The summed E-state index contributed by atoms with van der Waals surface area (Å²) >= 11 is 5.89. The molecule has 5 aromatic rings. The minimum absolute atomic E-state index is 0.00289. The molecule has 0 radical (unpaired) electrons. The fraction of sp³-hybridized carbons (Fsp3) is 0.182. The Morgan fingerprint density at radius 1 is 0.962 bits per heavy atom. The van der Waals surface area contributed by atoms with Gasteiger partial charge in [-0.3, -0.25) is 9.52 Å². The number of carboxylic acid groups (broad SMARTS) is 1. The highest BCUT2D eigenvalue weighted by Crippen LogP contribution is 2.39. The van der Waals surface area contributed by atoms with E-state index >= 15 is 0 Å². The number of rotatable bonds is 8. The van der Waals surface area contributed by atoms with Crippen LogP contribution in [0.25, 0.3) is 22.2 Å². The van der Waals surface area contributed by atoms with Crippen LogP contribution >= 0.6 is 11.6 Å². The Morgan fingerprint density at radius 2 is 1.58 bits per heavy atom. The fourth-order valence-corrected chi connectivity index (χ4v) is 8.12. The third-order valence-electron chi connectivity index (χ3n) is 7.83. The molecule has 53 heavy (non-hydrogen) atoms. The van der Waals surface area contributed by atoms with Gasteiger partial charge >= 0.3 is 18.3 Å². The van der Waals surface area contributed by atoms with Crippen molar-refractivity contribution in [3.8, 4) is 11.1 Å². The fourth-order valence-electron chi connectivity index (χ4n) is 5.34. The van der Waals surface area contributed by atoms with Crippen LogP contribution in [0.4, 0.5) is 26.3 Å². The van der Waals surface area contributed by atoms with Crippen molar-refractivity contribution in [2.75, 3.05) is 0 Å². The summed E-state index contributed by atoms with van der Waals surface area (Å²) in [6.45, 7) is 0. The van der Waals surface area contributed by atoms with E-state index in [0.29, 0.717) is 33.2 Å². The molecule has 0 aliphatic carbocycles. The van der Waals surface area contributed by atoms with Crippen LogP contribution in [0.15, 0.2) is 95.9 Å². The Morgan fingerprint density at radius 3 is 2.13 bits per heavy atom. The molecule has 0 saturated carbocycles. The van der Waals surface area contributed by atoms with Crippen LogP contribution in [0.3, 0.4) is 0 Å². The molecule has 6 rings (SSSR count). The van der Waals surface area contributed by atoms with Crippen LogP contribution in [0, 0.1) is 0 Å². The molecule has 1 fully saturated rings. The van der Waals surface area contributed by atoms with Gasteiger partial charge in [-0.2, -0.15) is 26.3 Å². The maximum absolute atomic E-state index is 14.2. The van der Waals surface area contributed by atoms with Gasteiger partial charge in [0, 0.05) is 5.02 Å². The zero-order chi connectivity index (χ0) is 38.9. The number of hydrogen-bond acceptors (Lipinski definition) is 7. The second-order valence-electron chi connectivity index (χ2n) is 11.5. The second kappa shape index (κ2) is 14.8. The van der Waals surface area contributed by atoms with E-state index in [-0.39, 0.29) is 29.8 Å². The Kier molecular flexibility index (Phi) is 11.0. The summed E-state index contributed by atoms with van der Waals surface area (Å²) in [6.07, 6.45) is -10.2. The number of para-hydroxylation sites is 2. The number of carbonyl (C=O) groups is 2. The third kappa shape index (κ3) is 9.34. The molecule has 2 atom stereocenters. The van der Waals surface area contributed by atoms with E-state index in [1.807, 2.05) is 4.72 Å². The number of hydrogen-bond donors (Lipinski definition) is 4. The molecule has 2 heterocycles. The lowest BCUT2D eigenvalue weighted by Crippen LogP contribution is -2.31. The first kappa shape index (κ1) is 39.2. The number of nitrogens with one attached hydrogen (secondary N) is 3. The topological polar surface area (TPSA) is 175 Å². The summed E-state index contributed by atoms with van der Waals surface area (Å²) in [5.74, 6) is -3.15. The molecule has 280 valence electrons. The van der Waals surface area contributed by atoms with Crippen LogP contribution in [-0.4, -0.2) is 50.0 Å². The third-order valence-corrected chi connectivity index (χ3v) is 11.3. The molecule has 1 amide bonds. The summed E-state index contributed by atoms with van der Waals surface area (Å²) in [5, 5.41) is 6.40. The van der Waals surface area contributed by atoms with Crippen molar-refractivity contribution in [3.05, 3.63) is 119 Å². The minimum Gasteiger partial charge on any atom is -0.475 e. The number of carbonyl (C=O) groups excluding carboxylic acids is 1. The molecule has 1 unspecified atom stereocenters. The maximum Gasteiger partial charge on any atom is 0.490 e. The number of carboxylic acids is 1. The normalized spacial score (nSPS) is 16.4. The molecular weight excluding hydrogens is 778 g/mol. The Bertz CT molecular complexity index is 2350. The standard InChI is InChI=1S/C31H24ClF3N4O5S2.C2HF3O2/c32-21-11-9-19(10-12-21)23-14-13-22(16-24(23)31(33,34)35)45(41,42)38-27(30-36-25-3-1-2-4-26(25)37-30)15-18-5-7-20(8-6-18)28-17-29(40)39-46(28,43)44;3-2(4,5)1(6)7/h1-14,16,27-28,38H,15,17H2,(H,36,37)(H,39,40);(H,6,7)/t27-,28?;/m0./s1. The van der Waals surface area contributed by atoms with E-state index in [2.05, 4.69) is 14.7 Å². The molecule has 1 aromatic heterocycles. The van der Waals surface area contributed by atoms with Gasteiger partial charge in [0.2, 0.25) is 26.0 Å². The van der Waals surface area contributed by atoms with Gasteiger partial charge in [0.15, 0.2) is 0 Å². The quantitative estimate of drug-likeness (QED) is 0.126. The van der Waals surface area contributed by atoms with E-state index < -0.39 is 66.0 Å². The zero-order valence-electron chi connectivity index (χ0n) is 26.5. The summed E-state index contributed by atoms with van der Waals surface area (Å²) in [7, 11) is -8.42. The number of amides is 1. The van der Waals surface area contributed by atoms with Gasteiger partial charge in [0.05, 0.1) is 34.0 Å². The average molecular weight is 803 g/mol. The summed E-state index contributed by atoms with van der Waals surface area (Å²) in [6, 6.07) is 20.7. The highest BCUT2D eigenvalue weighted by molar-refractivity contribution is 7.90. The average Bonchev–Trinajstić information content (AvgIpc) is 3.63. The van der Waals surface area contributed by atoms with E-state index in [0.717, 1.165) is 12.1 Å². The van der Waals surface area contributed by atoms with Crippen LogP contribution < -0.4 is 9.44 Å². The number of aromatic nitrogens is 2. The van der Waals surface area contributed by atoms with Gasteiger partial charge in [-0.05, 0) is 65.1 Å². The second-order valence-corrected chi connectivity index (χ2v) is 15.6. The number of alkyl halides is 6. The van der Waals surface area contributed by atoms with Crippen molar-refractivity contribution in [1.82, 2.24) is 19.4 Å². The minimum atomic E-state index is -5.08. The monoisotopic (exact) mass is 802 g/mol. The van der Waals surface area contributed by atoms with Gasteiger partial charge in [-0.25, -0.2) is 31.3 Å². The van der Waals surface area contributed by atoms with Crippen LogP contribution in [0.2, 0.25) is 5.02 Å². The summed E-state index contributed by atoms with van der Waals surface area (Å²) in [4.78, 5) is 27.6. The molecule has 1 aliphatic heterocycles. The molecular formula is C33H25ClF6N4O7S2. The molecule has 4 aromatic carbocycles. The molecule has 1 saturated heterocycles. The predicted octanol–water partition coefficient (Wildman–Crippen LogP) is 6.69. The van der Waals surface area contributed by atoms with Crippen LogP contribution in [0.5, 0.6) is 0 Å². The first-order chi connectivity index (χ1) is 24.6. The maximum atomic E-state index is 14.2. The molecule has 4 N–H and O–H groups in total.